The van der Waals surface area contributed by atoms with Crippen LogP contribution in [0.25, 0.3) is 0 Å². The first kappa shape index (κ1) is 17.8. The van der Waals surface area contributed by atoms with E-state index in [1.165, 1.54) is 6.42 Å². The van der Waals surface area contributed by atoms with Crippen LogP contribution in [-0.4, -0.2) is 29.1 Å². The number of piperidine rings is 1. The van der Waals surface area contributed by atoms with Gasteiger partial charge >= 0.3 is 6.03 Å². The average Bonchev–Trinajstić information content (AvgIpc) is 2.58. The van der Waals surface area contributed by atoms with E-state index in [0.29, 0.717) is 15.7 Å². The lowest BCUT2D eigenvalue weighted by Gasteiger charge is -2.28. The summed E-state index contributed by atoms with van der Waals surface area (Å²) in [4.78, 5) is 23.2. The van der Waals surface area contributed by atoms with Crippen molar-refractivity contribution in [2.24, 2.45) is 0 Å². The van der Waals surface area contributed by atoms with Crippen molar-refractivity contribution in [3.8, 4) is 0 Å². The third-order valence-electron chi connectivity index (χ3n) is 3.92. The number of halogens is 2. The number of nitrogens with one attached hydrogen (secondary N) is 2. The molecule has 25 heavy (non-hydrogen) atoms. The fraction of sp³-hybridized carbons (Fsp3) is 0.353. The van der Waals surface area contributed by atoms with Crippen LogP contribution in [0.3, 0.4) is 0 Å². The van der Waals surface area contributed by atoms with Gasteiger partial charge in [0.05, 0.1) is 10.0 Å². The van der Waals surface area contributed by atoms with Gasteiger partial charge in [0.25, 0.3) is 0 Å². The summed E-state index contributed by atoms with van der Waals surface area (Å²) in [5, 5.41) is 6.17. The van der Waals surface area contributed by atoms with Gasteiger partial charge in [-0.05, 0) is 44.4 Å². The number of hydrogen-bond acceptors (Lipinski definition) is 4. The van der Waals surface area contributed by atoms with E-state index in [-0.39, 0.29) is 5.95 Å². The molecule has 0 aliphatic carbocycles. The molecule has 8 heteroatoms. The quantitative estimate of drug-likeness (QED) is 0.808. The zero-order chi connectivity index (χ0) is 17.8. The second-order valence-electron chi connectivity index (χ2n) is 5.95. The number of carbonyl (C=O) groups is 1. The molecular formula is C17H19Cl2N5O. The summed E-state index contributed by atoms with van der Waals surface area (Å²) in [6.07, 6.45) is 3.56. The van der Waals surface area contributed by atoms with Crippen molar-refractivity contribution < 1.29 is 4.79 Å². The molecule has 1 aliphatic heterocycles. The van der Waals surface area contributed by atoms with E-state index in [4.69, 9.17) is 23.2 Å². The Kier molecular flexibility index (Phi) is 5.60. The molecule has 1 aromatic carbocycles. The highest BCUT2D eigenvalue weighted by molar-refractivity contribution is 6.42. The summed E-state index contributed by atoms with van der Waals surface area (Å²) >= 11 is 11.8. The van der Waals surface area contributed by atoms with E-state index in [0.717, 1.165) is 37.4 Å². The van der Waals surface area contributed by atoms with E-state index in [2.05, 4.69) is 25.5 Å². The molecule has 1 fully saturated rings. The van der Waals surface area contributed by atoms with Gasteiger partial charge in [0.2, 0.25) is 5.95 Å². The largest absolute Gasteiger partial charge is 0.356 e. The number of aromatic nitrogens is 2. The summed E-state index contributed by atoms with van der Waals surface area (Å²) in [6, 6.07) is 6.38. The van der Waals surface area contributed by atoms with Crippen molar-refractivity contribution in [2.75, 3.05) is 28.6 Å². The summed E-state index contributed by atoms with van der Waals surface area (Å²) in [7, 11) is 0. The van der Waals surface area contributed by atoms with Crippen LogP contribution in [0.5, 0.6) is 0 Å². The maximum Gasteiger partial charge on any atom is 0.326 e. The van der Waals surface area contributed by atoms with Gasteiger partial charge < -0.3 is 10.2 Å². The zero-order valence-electron chi connectivity index (χ0n) is 13.9. The Labute approximate surface area is 156 Å². The minimum atomic E-state index is -0.436. The Morgan fingerprint density at radius 3 is 2.52 bits per heavy atom. The van der Waals surface area contributed by atoms with Gasteiger partial charge in [-0.15, -0.1) is 0 Å². The summed E-state index contributed by atoms with van der Waals surface area (Å²) in [6.45, 7) is 3.84. The molecular weight excluding hydrogens is 361 g/mol. The molecule has 0 bridgehead atoms. The van der Waals surface area contributed by atoms with Crippen LogP contribution < -0.4 is 15.5 Å². The summed E-state index contributed by atoms with van der Waals surface area (Å²) in [5.74, 6) is 1.12. The maximum atomic E-state index is 12.2. The molecule has 2 amide bonds. The van der Waals surface area contributed by atoms with Gasteiger partial charge in [-0.1, -0.05) is 23.2 Å². The third-order valence-corrected chi connectivity index (χ3v) is 4.66. The second-order valence-corrected chi connectivity index (χ2v) is 6.76. The normalized spacial score (nSPS) is 14.3. The minimum absolute atomic E-state index is 0.276. The Hall–Kier alpha value is -2.05. The molecule has 1 aromatic heterocycles. The van der Waals surface area contributed by atoms with Crippen LogP contribution in [0, 0.1) is 6.92 Å². The topological polar surface area (TPSA) is 70.2 Å². The minimum Gasteiger partial charge on any atom is -0.356 e. The van der Waals surface area contributed by atoms with Gasteiger partial charge in [-0.3, -0.25) is 5.32 Å². The fourth-order valence-corrected chi connectivity index (χ4v) is 3.03. The van der Waals surface area contributed by atoms with Gasteiger partial charge in [-0.25, -0.2) is 9.78 Å². The Morgan fingerprint density at radius 2 is 1.80 bits per heavy atom. The molecule has 0 saturated carbocycles. The molecule has 2 heterocycles. The summed E-state index contributed by atoms with van der Waals surface area (Å²) in [5.41, 5.74) is 1.34. The number of rotatable bonds is 3. The van der Waals surface area contributed by atoms with Crippen LogP contribution in [0.15, 0.2) is 24.3 Å². The molecule has 0 atom stereocenters. The number of benzene rings is 1. The molecule has 1 saturated heterocycles. The number of aryl methyl sites for hydroxylation is 1. The Balaban J connectivity index is 1.69. The van der Waals surface area contributed by atoms with Crippen LogP contribution in [0.2, 0.25) is 10.0 Å². The predicted molar refractivity (Wildman–Crippen MR) is 102 cm³/mol. The molecule has 6 nitrogen and oxygen atoms in total. The summed E-state index contributed by atoms with van der Waals surface area (Å²) < 4.78 is 0. The highest BCUT2D eigenvalue weighted by Gasteiger charge is 2.15. The Morgan fingerprint density at radius 1 is 1.04 bits per heavy atom. The first-order valence-corrected chi connectivity index (χ1v) is 8.90. The number of hydrogen-bond donors (Lipinski definition) is 2. The molecule has 132 valence electrons. The highest BCUT2D eigenvalue weighted by atomic mass is 35.5. The second kappa shape index (κ2) is 7.89. The van der Waals surface area contributed by atoms with E-state index in [1.54, 1.807) is 18.2 Å². The first-order chi connectivity index (χ1) is 12.0. The molecule has 0 unspecified atom stereocenters. The highest BCUT2D eigenvalue weighted by Crippen LogP contribution is 2.25. The van der Waals surface area contributed by atoms with E-state index in [9.17, 15) is 4.79 Å². The lowest BCUT2D eigenvalue weighted by Crippen LogP contribution is -2.31. The van der Waals surface area contributed by atoms with Crippen molar-refractivity contribution in [1.29, 1.82) is 0 Å². The van der Waals surface area contributed by atoms with Crippen molar-refractivity contribution in [3.05, 3.63) is 40.0 Å². The number of urea groups is 1. The van der Waals surface area contributed by atoms with Crippen molar-refractivity contribution >= 4 is 46.7 Å². The lowest BCUT2D eigenvalue weighted by molar-refractivity contribution is 0.262. The van der Waals surface area contributed by atoms with Crippen molar-refractivity contribution in [3.63, 3.8) is 0 Å². The van der Waals surface area contributed by atoms with E-state index >= 15 is 0 Å². The molecule has 2 aromatic rings. The number of nitrogens with zero attached hydrogens (tertiary/aromatic N) is 3. The lowest BCUT2D eigenvalue weighted by atomic mass is 10.1. The molecule has 3 rings (SSSR count). The van der Waals surface area contributed by atoms with Crippen molar-refractivity contribution in [1.82, 2.24) is 9.97 Å². The number of anilines is 3. The van der Waals surface area contributed by atoms with Crippen LogP contribution in [-0.2, 0) is 0 Å². The molecule has 0 spiro atoms. The van der Waals surface area contributed by atoms with Crippen LogP contribution in [0.4, 0.5) is 22.2 Å². The van der Waals surface area contributed by atoms with E-state index in [1.807, 2.05) is 13.0 Å². The van der Waals surface area contributed by atoms with Gasteiger partial charge in [-0.2, -0.15) is 4.98 Å². The molecule has 0 radical (unpaired) electrons. The standard InChI is InChI=1S/C17H19Cl2N5O/c1-11-9-15(24-7-3-2-4-8-24)22-16(20-11)23-17(25)21-12-5-6-13(18)14(19)10-12/h5-6,9-10H,2-4,7-8H2,1H3,(H2,20,21,22,23,25). The van der Waals surface area contributed by atoms with Crippen LogP contribution in [0.1, 0.15) is 25.0 Å². The monoisotopic (exact) mass is 379 g/mol. The van der Waals surface area contributed by atoms with E-state index < -0.39 is 6.03 Å². The predicted octanol–water partition coefficient (Wildman–Crippen LogP) is 4.73. The van der Waals surface area contributed by atoms with Crippen molar-refractivity contribution in [2.45, 2.75) is 26.2 Å². The molecule has 2 N–H and O–H groups in total. The third kappa shape index (κ3) is 4.74. The number of amides is 2. The Bertz CT molecular complexity index is 778. The first-order valence-electron chi connectivity index (χ1n) is 8.15. The molecule has 1 aliphatic rings. The van der Waals surface area contributed by atoms with Gasteiger partial charge in [0, 0.05) is 30.5 Å². The van der Waals surface area contributed by atoms with Gasteiger partial charge in [0.15, 0.2) is 0 Å². The maximum absolute atomic E-state index is 12.2. The van der Waals surface area contributed by atoms with Gasteiger partial charge in [0.1, 0.15) is 5.82 Å². The number of carbonyl (C=O) groups excluding carboxylic acids is 1. The average molecular weight is 380 g/mol. The SMILES string of the molecule is Cc1cc(N2CCCCC2)nc(NC(=O)Nc2ccc(Cl)c(Cl)c2)n1. The van der Waals surface area contributed by atoms with Crippen LogP contribution >= 0.6 is 23.2 Å². The zero-order valence-corrected chi connectivity index (χ0v) is 15.4. The fourth-order valence-electron chi connectivity index (χ4n) is 2.73. The smallest absolute Gasteiger partial charge is 0.326 e.